The summed E-state index contributed by atoms with van der Waals surface area (Å²) in [5, 5.41) is 14.9. The van der Waals surface area contributed by atoms with Gasteiger partial charge in [-0.3, -0.25) is 4.79 Å². The lowest BCUT2D eigenvalue weighted by atomic mass is 9.81. The first kappa shape index (κ1) is 19.0. The van der Waals surface area contributed by atoms with Crippen molar-refractivity contribution in [2.75, 3.05) is 21.3 Å². The Hall–Kier alpha value is -2.99. The molecule has 1 saturated heterocycles. The van der Waals surface area contributed by atoms with Crippen LogP contribution in [0.15, 0.2) is 30.3 Å². The van der Waals surface area contributed by atoms with E-state index in [4.69, 9.17) is 14.2 Å². The second-order valence-corrected chi connectivity index (χ2v) is 8.02. The number of ether oxygens (including phenoxy) is 3. The van der Waals surface area contributed by atoms with E-state index >= 15 is 0 Å². The highest BCUT2D eigenvalue weighted by Crippen LogP contribution is 2.44. The van der Waals surface area contributed by atoms with E-state index in [0.717, 1.165) is 32.9 Å². The van der Waals surface area contributed by atoms with Crippen LogP contribution < -0.4 is 14.2 Å². The maximum Gasteiger partial charge on any atom is 0.223 e. The van der Waals surface area contributed by atoms with E-state index in [9.17, 15) is 9.90 Å². The zero-order valence-corrected chi connectivity index (χ0v) is 17.4. The first-order valence-electron chi connectivity index (χ1n) is 10.2. The smallest absolute Gasteiger partial charge is 0.223 e. The minimum absolute atomic E-state index is 0.116. The van der Waals surface area contributed by atoms with Gasteiger partial charge in [0, 0.05) is 13.0 Å². The average Bonchev–Trinajstić information content (AvgIpc) is 2.79. The van der Waals surface area contributed by atoms with Crippen molar-refractivity contribution in [3.8, 4) is 17.2 Å². The van der Waals surface area contributed by atoms with Crippen molar-refractivity contribution in [1.29, 1.82) is 0 Å². The number of nitrogens with zero attached hydrogens (tertiary/aromatic N) is 1. The summed E-state index contributed by atoms with van der Waals surface area (Å²) in [6.45, 7) is 0.503. The highest BCUT2D eigenvalue weighted by atomic mass is 16.5. The fraction of sp³-hybridized carbons (Fsp3) is 0.375. The molecule has 5 rings (SSSR count). The number of aliphatic hydroxyl groups is 1. The van der Waals surface area contributed by atoms with E-state index in [0.29, 0.717) is 37.3 Å². The molecule has 2 heterocycles. The summed E-state index contributed by atoms with van der Waals surface area (Å²) >= 11 is 0. The van der Waals surface area contributed by atoms with E-state index < -0.39 is 6.10 Å². The van der Waals surface area contributed by atoms with Crippen LogP contribution in [-0.4, -0.2) is 49.4 Å². The molecule has 156 valence electrons. The highest BCUT2D eigenvalue weighted by molar-refractivity contribution is 6.12. The molecule has 1 fully saturated rings. The lowest BCUT2D eigenvalue weighted by Gasteiger charge is -2.43. The largest absolute Gasteiger partial charge is 0.497 e. The molecule has 0 aromatic heterocycles. The second-order valence-electron chi connectivity index (χ2n) is 8.02. The van der Waals surface area contributed by atoms with Crippen LogP contribution in [0.1, 0.15) is 24.0 Å². The van der Waals surface area contributed by atoms with Crippen LogP contribution in [0.2, 0.25) is 0 Å². The number of piperidine rings is 1. The van der Waals surface area contributed by atoms with Crippen LogP contribution in [0.3, 0.4) is 0 Å². The van der Waals surface area contributed by atoms with Crippen molar-refractivity contribution in [2.24, 2.45) is 0 Å². The van der Waals surface area contributed by atoms with Crippen molar-refractivity contribution in [3.63, 3.8) is 0 Å². The average molecular weight is 407 g/mol. The number of methoxy groups -OCH3 is 3. The molecular weight excluding hydrogens is 382 g/mol. The zero-order valence-electron chi connectivity index (χ0n) is 17.4. The van der Waals surface area contributed by atoms with Gasteiger partial charge in [-0.1, -0.05) is 6.07 Å². The molecule has 3 aromatic carbocycles. The number of carbonyl (C=O) groups is 1. The molecule has 2 aliphatic heterocycles. The van der Waals surface area contributed by atoms with Gasteiger partial charge in [0.2, 0.25) is 5.91 Å². The molecule has 3 aromatic rings. The Morgan fingerprint density at radius 3 is 2.30 bits per heavy atom. The Morgan fingerprint density at radius 1 is 0.900 bits per heavy atom. The van der Waals surface area contributed by atoms with E-state index in [1.807, 2.05) is 29.2 Å². The van der Waals surface area contributed by atoms with Crippen molar-refractivity contribution in [3.05, 3.63) is 41.5 Å². The Bertz CT molecular complexity index is 1170. The van der Waals surface area contributed by atoms with Crippen LogP contribution in [-0.2, 0) is 17.8 Å². The fourth-order valence-electron chi connectivity index (χ4n) is 5.06. The molecule has 6 heteroatoms. The molecule has 2 aliphatic rings. The quantitative estimate of drug-likeness (QED) is 0.674. The minimum atomic E-state index is -0.502. The summed E-state index contributed by atoms with van der Waals surface area (Å²) in [7, 11) is 4.92. The van der Waals surface area contributed by atoms with Crippen LogP contribution in [0.5, 0.6) is 17.2 Å². The summed E-state index contributed by atoms with van der Waals surface area (Å²) in [6, 6.07) is 9.88. The third-order valence-electron chi connectivity index (χ3n) is 6.62. The summed E-state index contributed by atoms with van der Waals surface area (Å²) in [6.07, 6.45) is 1.04. The summed E-state index contributed by atoms with van der Waals surface area (Å²) < 4.78 is 16.6. The van der Waals surface area contributed by atoms with Crippen molar-refractivity contribution in [2.45, 2.75) is 38.0 Å². The fourth-order valence-corrected chi connectivity index (χ4v) is 5.06. The molecule has 1 N–H and O–H groups in total. The Morgan fingerprint density at radius 2 is 1.60 bits per heavy atom. The molecule has 2 unspecified atom stereocenters. The minimum Gasteiger partial charge on any atom is -0.497 e. The van der Waals surface area contributed by atoms with Crippen LogP contribution in [0.25, 0.3) is 21.5 Å². The lowest BCUT2D eigenvalue weighted by Crippen LogP contribution is -2.54. The van der Waals surface area contributed by atoms with Gasteiger partial charge in [0.15, 0.2) is 11.5 Å². The van der Waals surface area contributed by atoms with Gasteiger partial charge in [0.1, 0.15) is 5.75 Å². The van der Waals surface area contributed by atoms with Crippen LogP contribution in [0, 0.1) is 0 Å². The maximum atomic E-state index is 12.6. The Labute approximate surface area is 174 Å². The van der Waals surface area contributed by atoms with Crippen LogP contribution >= 0.6 is 0 Å². The Balaban J connectivity index is 1.85. The number of hydrogen-bond donors (Lipinski definition) is 1. The molecule has 30 heavy (non-hydrogen) atoms. The van der Waals surface area contributed by atoms with E-state index in [1.54, 1.807) is 21.3 Å². The summed E-state index contributed by atoms with van der Waals surface area (Å²) in [5.41, 5.74) is 2.30. The van der Waals surface area contributed by atoms with Crippen LogP contribution in [0.4, 0.5) is 0 Å². The van der Waals surface area contributed by atoms with Gasteiger partial charge < -0.3 is 24.2 Å². The maximum absolute atomic E-state index is 12.6. The first-order valence-corrected chi connectivity index (χ1v) is 10.2. The molecule has 0 aliphatic carbocycles. The van der Waals surface area contributed by atoms with Crippen molar-refractivity contribution >= 4 is 27.5 Å². The van der Waals surface area contributed by atoms with Gasteiger partial charge in [-0.05, 0) is 69.8 Å². The molecule has 1 amide bonds. The number of fused-ring (bicyclic) bond motifs is 7. The molecule has 2 atom stereocenters. The number of carbonyl (C=O) groups excluding carboxylic acids is 1. The topological polar surface area (TPSA) is 68.2 Å². The number of amides is 1. The third-order valence-corrected chi connectivity index (χ3v) is 6.62. The predicted molar refractivity (Wildman–Crippen MR) is 114 cm³/mol. The van der Waals surface area contributed by atoms with E-state index in [2.05, 4.69) is 6.07 Å². The van der Waals surface area contributed by atoms with E-state index in [-0.39, 0.29) is 11.9 Å². The zero-order chi connectivity index (χ0) is 21.0. The van der Waals surface area contributed by atoms with Crippen molar-refractivity contribution < 1.29 is 24.1 Å². The molecular formula is C24H25NO5. The predicted octanol–water partition coefficient (Wildman–Crippen LogP) is 3.43. The highest BCUT2D eigenvalue weighted by Gasteiger charge is 2.39. The second kappa shape index (κ2) is 7.06. The molecule has 0 radical (unpaired) electrons. The lowest BCUT2D eigenvalue weighted by molar-refractivity contribution is -0.143. The SMILES string of the molecule is COc1ccc2c3c(c4cc(OC)c(OC)cc4c2c1)CC1C(O)CCC(=O)N1C3. The standard InChI is InChI=1S/C24H25NO5/c1-28-13-4-5-14-15(8-13)17-10-22(29-2)23(30-3)11-18(17)16-9-20-21(26)6-7-24(27)25(20)12-19(14)16/h4-5,8,10-11,20-21,26H,6-7,9,12H2,1-3H3. The first-order chi connectivity index (χ1) is 14.5. The number of rotatable bonds is 3. The van der Waals surface area contributed by atoms with Gasteiger partial charge in [-0.25, -0.2) is 0 Å². The number of benzene rings is 3. The van der Waals surface area contributed by atoms with Gasteiger partial charge in [-0.15, -0.1) is 0 Å². The number of hydrogen-bond acceptors (Lipinski definition) is 5. The van der Waals surface area contributed by atoms with Crippen molar-refractivity contribution in [1.82, 2.24) is 4.90 Å². The number of aliphatic hydroxyl groups excluding tert-OH is 1. The molecule has 0 bridgehead atoms. The normalized spacial score (nSPS) is 20.8. The van der Waals surface area contributed by atoms with Gasteiger partial charge >= 0.3 is 0 Å². The monoisotopic (exact) mass is 407 g/mol. The molecule has 0 saturated carbocycles. The van der Waals surface area contributed by atoms with Gasteiger partial charge in [0.05, 0.1) is 33.5 Å². The van der Waals surface area contributed by atoms with Gasteiger partial charge in [0.25, 0.3) is 0 Å². The summed E-state index contributed by atoms with van der Waals surface area (Å²) in [5.74, 6) is 2.22. The molecule has 6 nitrogen and oxygen atoms in total. The Kier molecular flexibility index (Phi) is 4.47. The van der Waals surface area contributed by atoms with E-state index in [1.165, 1.54) is 5.56 Å². The van der Waals surface area contributed by atoms with Gasteiger partial charge in [-0.2, -0.15) is 0 Å². The summed E-state index contributed by atoms with van der Waals surface area (Å²) in [4.78, 5) is 14.5. The third kappa shape index (κ3) is 2.70. The molecule has 0 spiro atoms.